The maximum atomic E-state index is 11.6. The number of halogens is 2. The first kappa shape index (κ1) is 18.5. The first-order valence-electron chi connectivity index (χ1n) is 7.28. The number of aliphatic carboxylic acids is 1. The van der Waals surface area contributed by atoms with Crippen LogP contribution in [0.15, 0.2) is 45.0 Å². The molecule has 1 amide bonds. The van der Waals surface area contributed by atoms with Crippen LogP contribution in [-0.2, 0) is 9.59 Å². The van der Waals surface area contributed by atoms with Crippen LogP contribution in [0.25, 0.3) is 11.3 Å². The van der Waals surface area contributed by atoms with Gasteiger partial charge in [-0.25, -0.2) is 0 Å². The van der Waals surface area contributed by atoms with E-state index in [0.29, 0.717) is 27.1 Å². The van der Waals surface area contributed by atoms with E-state index in [4.69, 9.17) is 32.7 Å². The van der Waals surface area contributed by atoms with Crippen molar-refractivity contribution in [2.24, 2.45) is 10.2 Å². The number of amidine groups is 1. The fraction of sp³-hybridized carbons (Fsp3) is 0.125. The zero-order valence-corrected chi connectivity index (χ0v) is 15.3. The summed E-state index contributed by atoms with van der Waals surface area (Å²) < 4.78 is 5.63. The molecular weight excluding hydrogens is 401 g/mol. The van der Waals surface area contributed by atoms with E-state index in [-0.39, 0.29) is 11.6 Å². The molecule has 1 aliphatic rings. The van der Waals surface area contributed by atoms with Crippen LogP contribution in [0, 0.1) is 0 Å². The van der Waals surface area contributed by atoms with Crippen LogP contribution in [0.5, 0.6) is 0 Å². The number of hydrogen-bond acceptors (Lipinski definition) is 6. The predicted octanol–water partition coefficient (Wildman–Crippen LogP) is 3.65. The highest BCUT2D eigenvalue weighted by atomic mass is 35.5. The van der Waals surface area contributed by atoms with Gasteiger partial charge in [0.1, 0.15) is 16.8 Å². The van der Waals surface area contributed by atoms with Gasteiger partial charge in [-0.15, -0.1) is 5.10 Å². The Bertz CT molecular complexity index is 926. The minimum absolute atomic E-state index is 0.238. The summed E-state index contributed by atoms with van der Waals surface area (Å²) in [5, 5.41) is 19.5. The van der Waals surface area contributed by atoms with Crippen molar-refractivity contribution in [3.05, 3.63) is 46.1 Å². The van der Waals surface area contributed by atoms with E-state index < -0.39 is 17.1 Å². The molecule has 0 bridgehead atoms. The molecule has 26 heavy (non-hydrogen) atoms. The molecular formula is C16H11Cl2N3O4S. The third-order valence-electron chi connectivity index (χ3n) is 3.29. The number of benzene rings is 1. The van der Waals surface area contributed by atoms with Crippen LogP contribution in [-0.4, -0.2) is 33.6 Å². The Kier molecular flexibility index (Phi) is 5.65. The molecule has 2 aromatic rings. The van der Waals surface area contributed by atoms with Gasteiger partial charge in [-0.2, -0.15) is 5.10 Å². The van der Waals surface area contributed by atoms with Crippen LogP contribution < -0.4 is 5.32 Å². The maximum absolute atomic E-state index is 11.6. The fourth-order valence-corrected chi connectivity index (χ4v) is 3.43. The molecule has 0 radical (unpaired) electrons. The topological polar surface area (TPSA) is 104 Å². The normalized spacial score (nSPS) is 18.6. The lowest BCUT2D eigenvalue weighted by Gasteiger charge is -2.00. The number of carbonyl (C=O) groups excluding carboxylic acids is 1. The Hall–Kier alpha value is -2.29. The molecule has 1 aromatic heterocycles. The number of thioether (sulfide) groups is 1. The number of carbonyl (C=O) groups is 2. The zero-order valence-electron chi connectivity index (χ0n) is 13.0. The number of carboxylic acid groups (broad SMARTS) is 1. The van der Waals surface area contributed by atoms with Gasteiger partial charge in [0.05, 0.1) is 17.7 Å². The number of rotatable bonds is 5. The van der Waals surface area contributed by atoms with Crippen molar-refractivity contribution < 1.29 is 19.1 Å². The smallest absolute Gasteiger partial charge is 0.305 e. The highest BCUT2D eigenvalue weighted by Crippen LogP contribution is 2.31. The molecule has 2 heterocycles. The van der Waals surface area contributed by atoms with Crippen molar-refractivity contribution in [1.29, 1.82) is 0 Å². The summed E-state index contributed by atoms with van der Waals surface area (Å²) >= 11 is 13.1. The van der Waals surface area contributed by atoms with Crippen LogP contribution in [0.2, 0.25) is 10.0 Å². The maximum Gasteiger partial charge on any atom is 0.305 e. The van der Waals surface area contributed by atoms with E-state index in [0.717, 1.165) is 11.8 Å². The Balaban J connectivity index is 1.69. The second kappa shape index (κ2) is 7.94. The summed E-state index contributed by atoms with van der Waals surface area (Å²) in [5.41, 5.74) is 0.653. The molecule has 0 aliphatic carbocycles. The third-order valence-corrected chi connectivity index (χ3v) is 4.93. The zero-order chi connectivity index (χ0) is 18.7. The van der Waals surface area contributed by atoms with Crippen molar-refractivity contribution in [2.45, 2.75) is 11.7 Å². The minimum atomic E-state index is -1.05. The molecule has 1 saturated heterocycles. The molecule has 7 nitrogen and oxygen atoms in total. The summed E-state index contributed by atoms with van der Waals surface area (Å²) in [6.07, 6.45) is 1.09. The first-order valence-corrected chi connectivity index (χ1v) is 8.91. The van der Waals surface area contributed by atoms with E-state index in [1.807, 2.05) is 0 Å². The van der Waals surface area contributed by atoms with Gasteiger partial charge in [0, 0.05) is 10.6 Å². The summed E-state index contributed by atoms with van der Waals surface area (Å²) in [4.78, 5) is 22.3. The quantitative estimate of drug-likeness (QED) is 0.576. The van der Waals surface area contributed by atoms with Crippen LogP contribution in [0.4, 0.5) is 0 Å². The summed E-state index contributed by atoms with van der Waals surface area (Å²) in [6.45, 7) is 0. The second-order valence-electron chi connectivity index (χ2n) is 5.17. The van der Waals surface area contributed by atoms with Gasteiger partial charge >= 0.3 is 5.97 Å². The molecule has 1 aliphatic heterocycles. The number of hydrogen-bond donors (Lipinski definition) is 2. The molecule has 1 atom stereocenters. The minimum Gasteiger partial charge on any atom is -0.481 e. The van der Waals surface area contributed by atoms with Gasteiger partial charge in [-0.3, -0.25) is 9.59 Å². The molecule has 0 saturated carbocycles. The van der Waals surface area contributed by atoms with Crippen molar-refractivity contribution in [3.8, 4) is 11.3 Å². The molecule has 1 fully saturated rings. The molecule has 0 unspecified atom stereocenters. The average Bonchev–Trinajstić information content (AvgIpc) is 3.17. The van der Waals surface area contributed by atoms with Crippen LogP contribution in [0.1, 0.15) is 12.2 Å². The highest BCUT2D eigenvalue weighted by Gasteiger charge is 2.32. The predicted molar refractivity (Wildman–Crippen MR) is 101 cm³/mol. The van der Waals surface area contributed by atoms with Crippen molar-refractivity contribution in [2.75, 3.05) is 0 Å². The van der Waals surface area contributed by atoms with E-state index in [2.05, 4.69) is 15.5 Å². The molecule has 3 rings (SSSR count). The lowest BCUT2D eigenvalue weighted by Crippen LogP contribution is -2.26. The molecule has 0 spiro atoms. The Morgan fingerprint density at radius 2 is 2.15 bits per heavy atom. The van der Waals surface area contributed by atoms with E-state index in [9.17, 15) is 9.59 Å². The number of carboxylic acids is 1. The lowest BCUT2D eigenvalue weighted by molar-refractivity contribution is -0.138. The highest BCUT2D eigenvalue weighted by molar-refractivity contribution is 8.15. The summed E-state index contributed by atoms with van der Waals surface area (Å²) in [6, 6.07) is 8.46. The van der Waals surface area contributed by atoms with Gasteiger partial charge < -0.3 is 14.8 Å². The Morgan fingerprint density at radius 1 is 1.35 bits per heavy atom. The standard InChI is InChI=1S/C16H11Cl2N3O4S/c17-8-1-3-11(18)10(5-8)12-4-2-9(25-12)7-19-21-16-20-15(24)13(26-16)6-14(22)23/h1-5,7,13H,6H2,(H,22,23)(H,20,21,24)/b19-7-/t13-/m0/s1. The number of furan rings is 1. The summed E-state index contributed by atoms with van der Waals surface area (Å²) in [7, 11) is 0. The van der Waals surface area contributed by atoms with Gasteiger partial charge in [-0.1, -0.05) is 35.0 Å². The molecule has 10 heteroatoms. The van der Waals surface area contributed by atoms with E-state index in [1.54, 1.807) is 30.3 Å². The van der Waals surface area contributed by atoms with Gasteiger partial charge in [-0.05, 0) is 30.3 Å². The van der Waals surface area contributed by atoms with Gasteiger partial charge in [0.2, 0.25) is 5.91 Å². The number of amides is 1. The SMILES string of the molecule is O=C(O)C[C@@H]1S/C(=N\N=C/c2ccc(-c3cc(Cl)ccc3Cl)o2)NC1=O. The monoisotopic (exact) mass is 411 g/mol. The van der Waals surface area contributed by atoms with Crippen LogP contribution >= 0.6 is 35.0 Å². The molecule has 1 aromatic carbocycles. The second-order valence-corrected chi connectivity index (χ2v) is 7.20. The van der Waals surface area contributed by atoms with Crippen LogP contribution in [0.3, 0.4) is 0 Å². The van der Waals surface area contributed by atoms with Gasteiger partial charge in [0.15, 0.2) is 5.17 Å². The first-order chi connectivity index (χ1) is 12.4. The average molecular weight is 412 g/mol. The largest absolute Gasteiger partial charge is 0.481 e. The van der Waals surface area contributed by atoms with Gasteiger partial charge in [0.25, 0.3) is 0 Å². The molecule has 2 N–H and O–H groups in total. The number of nitrogens with one attached hydrogen (secondary N) is 1. The van der Waals surface area contributed by atoms with Crippen molar-refractivity contribution in [3.63, 3.8) is 0 Å². The number of nitrogens with zero attached hydrogens (tertiary/aromatic N) is 2. The Morgan fingerprint density at radius 3 is 2.92 bits per heavy atom. The van der Waals surface area contributed by atoms with E-state index >= 15 is 0 Å². The molecule has 134 valence electrons. The van der Waals surface area contributed by atoms with Crippen molar-refractivity contribution >= 4 is 58.2 Å². The lowest BCUT2D eigenvalue weighted by atomic mass is 10.2. The fourth-order valence-electron chi connectivity index (χ4n) is 2.14. The van der Waals surface area contributed by atoms with E-state index in [1.165, 1.54) is 6.21 Å². The Labute approximate surface area is 162 Å². The van der Waals surface area contributed by atoms with Crippen molar-refractivity contribution in [1.82, 2.24) is 5.32 Å². The summed E-state index contributed by atoms with van der Waals surface area (Å²) in [5.74, 6) is -0.499. The third kappa shape index (κ3) is 4.46.